The summed E-state index contributed by atoms with van der Waals surface area (Å²) in [7, 11) is 1.21. The number of nitrogens with two attached hydrogens (primary N) is 1. The van der Waals surface area contributed by atoms with E-state index in [4.69, 9.17) is 34.2 Å². The molecule has 11 nitrogen and oxygen atoms in total. The number of esters is 2. The largest absolute Gasteiger partial charge is 0.514 e. The average molecular weight is 582 g/mol. The maximum atomic E-state index is 12.8. The summed E-state index contributed by atoms with van der Waals surface area (Å²) in [5.41, 5.74) is 3.79. The molecule has 1 aromatic carbocycles. The first-order chi connectivity index (χ1) is 19.0. The second-order valence-electron chi connectivity index (χ2n) is 11.3. The minimum absolute atomic E-state index is 0.0306. The van der Waals surface area contributed by atoms with E-state index in [1.165, 1.54) is 19.2 Å². The van der Waals surface area contributed by atoms with Crippen LogP contribution in [-0.4, -0.2) is 54.2 Å². The number of rotatable bonds is 15. The Kier molecular flexibility index (Phi) is 13.6. The Morgan fingerprint density at radius 2 is 1.41 bits per heavy atom. The molecule has 0 saturated carbocycles. The van der Waals surface area contributed by atoms with Crippen LogP contribution in [-0.2, 0) is 35.0 Å². The Labute approximate surface area is 243 Å². The summed E-state index contributed by atoms with van der Waals surface area (Å²) in [5, 5.41) is 0. The van der Waals surface area contributed by atoms with E-state index in [0.717, 1.165) is 6.42 Å². The number of hydrogen-bond acceptors (Lipinski definition) is 11. The lowest BCUT2D eigenvalue weighted by molar-refractivity contribution is -0.155. The van der Waals surface area contributed by atoms with E-state index in [1.54, 1.807) is 40.7 Å². The average Bonchev–Trinajstić information content (AvgIpc) is 2.87. The van der Waals surface area contributed by atoms with Crippen molar-refractivity contribution in [2.45, 2.75) is 123 Å². The maximum absolute atomic E-state index is 12.8. The molecule has 0 aliphatic carbocycles. The Bertz CT molecular complexity index is 1050. The number of hydrogen-bond donors (Lipinski definition) is 1. The molecule has 0 aliphatic rings. The van der Waals surface area contributed by atoms with Gasteiger partial charge in [-0.15, -0.1) is 0 Å². The number of unbranched alkanes of at least 4 members (excludes halogenated alkanes) is 1. The van der Waals surface area contributed by atoms with Crippen LogP contribution in [0.4, 0.5) is 9.59 Å². The lowest BCUT2D eigenvalue weighted by Crippen LogP contribution is -2.53. The Morgan fingerprint density at radius 3 is 1.90 bits per heavy atom. The van der Waals surface area contributed by atoms with Gasteiger partial charge in [-0.25, -0.2) is 9.59 Å². The summed E-state index contributed by atoms with van der Waals surface area (Å²) in [4.78, 5) is 50.0. The van der Waals surface area contributed by atoms with Crippen molar-refractivity contribution in [3.8, 4) is 11.5 Å². The Hall–Kier alpha value is -3.34. The Balaban J connectivity index is 3.32. The smallest absolute Gasteiger partial charge is 0.468 e. The van der Waals surface area contributed by atoms with Crippen LogP contribution in [0.3, 0.4) is 0 Å². The van der Waals surface area contributed by atoms with Gasteiger partial charge in [0.05, 0.1) is 7.11 Å². The minimum Gasteiger partial charge on any atom is -0.468 e. The molecule has 0 saturated heterocycles. The van der Waals surface area contributed by atoms with Gasteiger partial charge in [0.2, 0.25) is 0 Å². The first kappa shape index (κ1) is 35.7. The van der Waals surface area contributed by atoms with Gasteiger partial charge in [0.25, 0.3) is 0 Å². The van der Waals surface area contributed by atoms with Crippen molar-refractivity contribution in [2.75, 3.05) is 7.11 Å². The molecular weight excluding hydrogens is 534 g/mol. The molecule has 11 heteroatoms. The van der Waals surface area contributed by atoms with E-state index >= 15 is 0 Å². The highest BCUT2D eigenvalue weighted by Crippen LogP contribution is 2.32. The molecule has 0 aromatic heterocycles. The van der Waals surface area contributed by atoms with Crippen LogP contribution in [0.2, 0.25) is 0 Å². The van der Waals surface area contributed by atoms with Crippen LogP contribution >= 0.6 is 0 Å². The summed E-state index contributed by atoms with van der Waals surface area (Å²) in [5.74, 6) is -1.34. The summed E-state index contributed by atoms with van der Waals surface area (Å²) >= 11 is 0. The van der Waals surface area contributed by atoms with E-state index in [0.29, 0.717) is 24.8 Å². The molecule has 1 aromatic rings. The van der Waals surface area contributed by atoms with E-state index in [2.05, 4.69) is 0 Å². The zero-order chi connectivity index (χ0) is 31.4. The minimum atomic E-state index is -1.59. The van der Waals surface area contributed by atoms with Crippen LogP contribution in [0.5, 0.6) is 11.5 Å². The van der Waals surface area contributed by atoms with E-state index < -0.39 is 41.1 Å². The summed E-state index contributed by atoms with van der Waals surface area (Å²) in [6.07, 6.45) is 0.0856. The number of carbonyl (C=O) groups excluding carboxylic acids is 4. The standard InChI is InChI=1S/C30H47NO10/c1-10-13-14-24(32)37-20(4)18-30(31,25(33)36-9)19-21-15-16-22(38-26(34)40-28(5,6)11-2)23(17-21)39-27(35)41-29(7,8)12-3/h15-17,20H,10-14,18-19,31H2,1-9H3/t20?,30-/m1/s1. The highest BCUT2D eigenvalue weighted by Gasteiger charge is 2.38. The third-order valence-electron chi connectivity index (χ3n) is 6.65. The first-order valence-electron chi connectivity index (χ1n) is 14.0. The zero-order valence-corrected chi connectivity index (χ0v) is 25.9. The quantitative estimate of drug-likeness (QED) is 0.147. The molecule has 2 atom stereocenters. The third kappa shape index (κ3) is 12.4. The first-order valence-corrected chi connectivity index (χ1v) is 14.0. The fourth-order valence-corrected chi connectivity index (χ4v) is 3.60. The fraction of sp³-hybridized carbons (Fsp3) is 0.667. The number of carbonyl (C=O) groups is 4. The lowest BCUT2D eigenvalue weighted by atomic mass is 9.86. The molecule has 0 spiro atoms. The second-order valence-corrected chi connectivity index (χ2v) is 11.3. The SMILES string of the molecule is CCCCC(=O)OC(C)C[C@@](N)(Cc1ccc(OC(=O)OC(C)(C)CC)c(OC(=O)OC(C)(C)CC)c1)C(=O)OC. The van der Waals surface area contributed by atoms with Crippen molar-refractivity contribution in [1.82, 2.24) is 0 Å². The molecule has 41 heavy (non-hydrogen) atoms. The van der Waals surface area contributed by atoms with Crippen LogP contribution in [0.1, 0.15) is 99.5 Å². The molecular formula is C30H47NO10. The van der Waals surface area contributed by atoms with Crippen LogP contribution < -0.4 is 15.2 Å². The van der Waals surface area contributed by atoms with Crippen molar-refractivity contribution in [3.63, 3.8) is 0 Å². The predicted octanol–water partition coefficient (Wildman–Crippen LogP) is 6.02. The van der Waals surface area contributed by atoms with E-state index in [-0.39, 0.29) is 36.7 Å². The van der Waals surface area contributed by atoms with Gasteiger partial charge in [0.1, 0.15) is 22.8 Å². The van der Waals surface area contributed by atoms with Gasteiger partial charge in [-0.2, -0.15) is 0 Å². The molecule has 0 bridgehead atoms. The molecule has 0 radical (unpaired) electrons. The molecule has 0 amide bonds. The van der Waals surface area contributed by atoms with Gasteiger partial charge in [-0.3, -0.25) is 9.59 Å². The van der Waals surface area contributed by atoms with Crippen LogP contribution in [0, 0.1) is 0 Å². The van der Waals surface area contributed by atoms with Crippen molar-refractivity contribution >= 4 is 24.2 Å². The van der Waals surface area contributed by atoms with Gasteiger partial charge < -0.3 is 34.2 Å². The van der Waals surface area contributed by atoms with Gasteiger partial charge in [0, 0.05) is 19.3 Å². The molecule has 1 rings (SSSR count). The second kappa shape index (κ2) is 15.6. The van der Waals surface area contributed by atoms with Gasteiger partial charge in [-0.05, 0) is 71.6 Å². The summed E-state index contributed by atoms with van der Waals surface area (Å²) in [6, 6.07) is 4.37. The van der Waals surface area contributed by atoms with Crippen LogP contribution in [0.15, 0.2) is 18.2 Å². The number of ether oxygens (including phenoxy) is 6. The third-order valence-corrected chi connectivity index (χ3v) is 6.65. The topological polar surface area (TPSA) is 150 Å². The predicted molar refractivity (Wildman–Crippen MR) is 152 cm³/mol. The molecule has 0 aliphatic heterocycles. The molecule has 0 heterocycles. The number of benzene rings is 1. The highest BCUT2D eigenvalue weighted by molar-refractivity contribution is 5.81. The summed E-state index contributed by atoms with van der Waals surface area (Å²) in [6.45, 7) is 14.2. The zero-order valence-electron chi connectivity index (χ0n) is 25.9. The van der Waals surface area contributed by atoms with Crippen molar-refractivity contribution in [1.29, 1.82) is 0 Å². The number of methoxy groups -OCH3 is 1. The normalized spacial score (nSPS) is 13.8. The highest BCUT2D eigenvalue weighted by atomic mass is 16.8. The van der Waals surface area contributed by atoms with Crippen LogP contribution in [0.25, 0.3) is 0 Å². The van der Waals surface area contributed by atoms with Gasteiger partial charge >= 0.3 is 24.2 Å². The maximum Gasteiger partial charge on any atom is 0.514 e. The van der Waals surface area contributed by atoms with Gasteiger partial charge in [-0.1, -0.05) is 33.3 Å². The molecule has 2 N–H and O–H groups in total. The van der Waals surface area contributed by atoms with Crippen molar-refractivity contribution in [2.24, 2.45) is 5.73 Å². The lowest BCUT2D eigenvalue weighted by Gasteiger charge is -2.29. The van der Waals surface area contributed by atoms with Crippen molar-refractivity contribution < 1.29 is 47.6 Å². The molecule has 0 fully saturated rings. The monoisotopic (exact) mass is 581 g/mol. The molecule has 232 valence electrons. The Morgan fingerprint density at radius 1 is 0.878 bits per heavy atom. The molecule has 1 unspecified atom stereocenters. The van der Waals surface area contributed by atoms with Gasteiger partial charge in [0.15, 0.2) is 11.5 Å². The van der Waals surface area contributed by atoms with Crippen molar-refractivity contribution in [3.05, 3.63) is 23.8 Å². The van der Waals surface area contributed by atoms with E-state index in [9.17, 15) is 19.2 Å². The van der Waals surface area contributed by atoms with E-state index in [1.807, 2.05) is 20.8 Å². The fourth-order valence-electron chi connectivity index (χ4n) is 3.60. The summed E-state index contributed by atoms with van der Waals surface area (Å²) < 4.78 is 31.9.